The Bertz CT molecular complexity index is 457. The Morgan fingerprint density at radius 1 is 1.18 bits per heavy atom. The summed E-state index contributed by atoms with van der Waals surface area (Å²) >= 11 is 3.81. The van der Waals surface area contributed by atoms with E-state index >= 15 is 0 Å². The first-order chi connectivity index (χ1) is 10.6. The second kappa shape index (κ2) is 9.45. The molecule has 0 saturated carbocycles. The maximum Gasteiger partial charge on any atom is 0.238 e. The molecule has 1 heterocycles. The van der Waals surface area contributed by atoms with Crippen molar-refractivity contribution in [3.63, 3.8) is 0 Å². The third-order valence-corrected chi connectivity index (χ3v) is 5.71. The van der Waals surface area contributed by atoms with E-state index in [0.717, 1.165) is 30.4 Å². The Morgan fingerprint density at radius 2 is 1.82 bits per heavy atom. The van der Waals surface area contributed by atoms with Gasteiger partial charge in [0.05, 0.1) is 6.54 Å². The minimum atomic E-state index is 0.0733. The van der Waals surface area contributed by atoms with Crippen molar-refractivity contribution >= 4 is 35.1 Å². The summed E-state index contributed by atoms with van der Waals surface area (Å²) < 4.78 is 0. The van der Waals surface area contributed by atoms with Gasteiger partial charge in [0, 0.05) is 35.5 Å². The van der Waals surface area contributed by atoms with E-state index < -0.39 is 0 Å². The topological polar surface area (TPSA) is 35.6 Å². The number of likely N-dealkylation sites (N-methyl/N-ethyl adjacent to an activating group) is 1. The van der Waals surface area contributed by atoms with E-state index in [4.69, 9.17) is 0 Å². The number of anilines is 1. The summed E-state index contributed by atoms with van der Waals surface area (Å²) in [7, 11) is 4.15. The molecule has 1 saturated heterocycles. The fourth-order valence-electron chi connectivity index (χ4n) is 2.14. The molecule has 2 rings (SSSR count). The van der Waals surface area contributed by atoms with Gasteiger partial charge in [0.15, 0.2) is 0 Å². The van der Waals surface area contributed by atoms with Gasteiger partial charge in [-0.15, -0.1) is 23.5 Å². The van der Waals surface area contributed by atoms with Crippen molar-refractivity contribution in [3.05, 3.63) is 29.8 Å². The molecular weight excluding hydrogens is 314 g/mol. The van der Waals surface area contributed by atoms with E-state index in [2.05, 4.69) is 41.3 Å². The molecule has 1 amide bonds. The highest BCUT2D eigenvalue weighted by molar-refractivity contribution is 8.03. The number of hydrogen-bond acceptors (Lipinski definition) is 5. The Labute approximate surface area is 142 Å². The van der Waals surface area contributed by atoms with Gasteiger partial charge < -0.3 is 10.2 Å². The molecule has 0 aromatic heterocycles. The highest BCUT2D eigenvalue weighted by Gasteiger charge is 2.13. The number of benzene rings is 1. The number of amides is 1. The molecule has 22 heavy (non-hydrogen) atoms. The summed E-state index contributed by atoms with van der Waals surface area (Å²) in [4.78, 5) is 16.5. The predicted molar refractivity (Wildman–Crippen MR) is 98.7 cm³/mol. The van der Waals surface area contributed by atoms with Gasteiger partial charge in [0.1, 0.15) is 0 Å². The van der Waals surface area contributed by atoms with E-state index in [1.807, 2.05) is 35.7 Å². The van der Waals surface area contributed by atoms with Crippen LogP contribution >= 0.6 is 23.5 Å². The van der Waals surface area contributed by atoms with Gasteiger partial charge in [0.25, 0.3) is 0 Å². The van der Waals surface area contributed by atoms with Crippen molar-refractivity contribution in [2.45, 2.75) is 6.42 Å². The zero-order chi connectivity index (χ0) is 15.8. The second-order valence-electron chi connectivity index (χ2n) is 5.70. The molecule has 1 aliphatic rings. The predicted octanol–water partition coefficient (Wildman–Crippen LogP) is 2.43. The summed E-state index contributed by atoms with van der Waals surface area (Å²) in [6.07, 6.45) is 1.03. The molecule has 1 aromatic rings. The number of nitrogens with one attached hydrogen (secondary N) is 1. The molecule has 0 bridgehead atoms. The zero-order valence-corrected chi connectivity index (χ0v) is 15.0. The normalized spacial score (nSPS) is 16.5. The van der Waals surface area contributed by atoms with Crippen LogP contribution in [-0.4, -0.2) is 66.2 Å². The largest absolute Gasteiger partial charge is 0.325 e. The molecule has 1 aromatic carbocycles. The summed E-state index contributed by atoms with van der Waals surface area (Å²) in [6, 6.07) is 8.18. The number of hydrogen-bond donors (Lipinski definition) is 1. The molecule has 0 aliphatic carbocycles. The minimum absolute atomic E-state index is 0.0733. The standard InChI is InChI=1S/C16H25N3OS2/c1-18(2)8-7-14-3-5-15(6-4-14)17-16(20)11-19-12-21-9-10-22-13-19/h3-6H,7-13H2,1-2H3,(H,17,20). The highest BCUT2D eigenvalue weighted by atomic mass is 32.2. The molecule has 122 valence electrons. The summed E-state index contributed by atoms with van der Waals surface area (Å²) in [6.45, 7) is 1.51. The van der Waals surface area contributed by atoms with Crippen molar-refractivity contribution in [2.24, 2.45) is 0 Å². The first-order valence-corrected chi connectivity index (χ1v) is 9.86. The van der Waals surface area contributed by atoms with Crippen LogP contribution in [0.15, 0.2) is 24.3 Å². The number of thioether (sulfide) groups is 2. The average molecular weight is 340 g/mol. The van der Waals surface area contributed by atoms with E-state index in [1.54, 1.807) is 0 Å². The van der Waals surface area contributed by atoms with Gasteiger partial charge in [0.2, 0.25) is 5.91 Å². The van der Waals surface area contributed by atoms with Gasteiger partial charge in [-0.3, -0.25) is 9.69 Å². The van der Waals surface area contributed by atoms with Gasteiger partial charge in [-0.1, -0.05) is 12.1 Å². The Morgan fingerprint density at radius 3 is 2.41 bits per heavy atom. The third-order valence-electron chi connectivity index (χ3n) is 3.37. The lowest BCUT2D eigenvalue weighted by Gasteiger charge is -2.18. The number of rotatable bonds is 6. The van der Waals surface area contributed by atoms with Crippen LogP contribution in [0, 0.1) is 0 Å². The molecule has 0 radical (unpaired) electrons. The van der Waals surface area contributed by atoms with Crippen molar-refractivity contribution in [3.8, 4) is 0 Å². The lowest BCUT2D eigenvalue weighted by molar-refractivity contribution is -0.116. The molecular formula is C16H25N3OS2. The fraction of sp³-hybridized carbons (Fsp3) is 0.562. The lowest BCUT2D eigenvalue weighted by Crippen LogP contribution is -2.32. The SMILES string of the molecule is CN(C)CCc1ccc(NC(=O)CN2CSCCSC2)cc1. The average Bonchev–Trinajstić information content (AvgIpc) is 2.75. The van der Waals surface area contributed by atoms with E-state index in [1.165, 1.54) is 17.1 Å². The van der Waals surface area contributed by atoms with Crippen LogP contribution in [0.3, 0.4) is 0 Å². The maximum atomic E-state index is 12.1. The molecule has 1 fully saturated rings. The van der Waals surface area contributed by atoms with Crippen molar-refractivity contribution in [2.75, 3.05) is 55.8 Å². The number of nitrogens with zero attached hydrogens (tertiary/aromatic N) is 2. The molecule has 4 nitrogen and oxygen atoms in total. The van der Waals surface area contributed by atoms with Crippen LogP contribution in [0.1, 0.15) is 5.56 Å². The fourth-order valence-corrected chi connectivity index (χ4v) is 4.34. The maximum absolute atomic E-state index is 12.1. The third kappa shape index (κ3) is 6.60. The smallest absolute Gasteiger partial charge is 0.238 e. The minimum Gasteiger partial charge on any atom is -0.325 e. The molecule has 0 atom stereocenters. The zero-order valence-electron chi connectivity index (χ0n) is 13.4. The molecule has 6 heteroatoms. The van der Waals surface area contributed by atoms with Gasteiger partial charge in [-0.2, -0.15) is 0 Å². The van der Waals surface area contributed by atoms with Crippen LogP contribution in [0.5, 0.6) is 0 Å². The van der Waals surface area contributed by atoms with Crippen LogP contribution in [0.25, 0.3) is 0 Å². The van der Waals surface area contributed by atoms with Crippen LogP contribution in [-0.2, 0) is 11.2 Å². The van der Waals surface area contributed by atoms with E-state index in [-0.39, 0.29) is 5.91 Å². The Balaban J connectivity index is 1.78. The number of carbonyl (C=O) groups excluding carboxylic acids is 1. The first kappa shape index (κ1) is 17.7. The van der Waals surface area contributed by atoms with E-state index in [9.17, 15) is 4.79 Å². The van der Waals surface area contributed by atoms with E-state index in [0.29, 0.717) is 6.54 Å². The van der Waals surface area contributed by atoms with Crippen LogP contribution < -0.4 is 5.32 Å². The summed E-state index contributed by atoms with van der Waals surface area (Å²) in [5.41, 5.74) is 2.18. The van der Waals surface area contributed by atoms with Gasteiger partial charge in [-0.05, 0) is 38.2 Å². The molecule has 0 spiro atoms. The highest BCUT2D eigenvalue weighted by Crippen LogP contribution is 2.17. The molecule has 1 aliphatic heterocycles. The monoisotopic (exact) mass is 339 g/mol. The van der Waals surface area contributed by atoms with Crippen LogP contribution in [0.4, 0.5) is 5.69 Å². The number of carbonyl (C=O) groups is 1. The van der Waals surface area contributed by atoms with Crippen molar-refractivity contribution in [1.29, 1.82) is 0 Å². The summed E-state index contributed by atoms with van der Waals surface area (Å²) in [5, 5.41) is 2.99. The van der Waals surface area contributed by atoms with Gasteiger partial charge >= 0.3 is 0 Å². The van der Waals surface area contributed by atoms with Crippen molar-refractivity contribution in [1.82, 2.24) is 9.80 Å². The Kier molecular flexibility index (Phi) is 7.59. The first-order valence-electron chi connectivity index (χ1n) is 7.55. The Hall–Kier alpha value is -0.690. The van der Waals surface area contributed by atoms with Crippen LogP contribution in [0.2, 0.25) is 0 Å². The van der Waals surface area contributed by atoms with Crippen molar-refractivity contribution < 1.29 is 4.79 Å². The molecule has 1 N–H and O–H groups in total. The molecule has 0 unspecified atom stereocenters. The quantitative estimate of drug-likeness (QED) is 0.861. The summed E-state index contributed by atoms with van der Waals surface area (Å²) in [5.74, 6) is 4.33. The lowest BCUT2D eigenvalue weighted by atomic mass is 10.1. The second-order valence-corrected chi connectivity index (χ2v) is 7.85. The van der Waals surface area contributed by atoms with Gasteiger partial charge in [-0.25, -0.2) is 0 Å².